The molecule has 2 heterocycles. The molecule has 0 N–H and O–H groups in total. The van der Waals surface area contributed by atoms with Crippen LogP contribution in [0.15, 0.2) is 60.8 Å². The summed E-state index contributed by atoms with van der Waals surface area (Å²) in [4.78, 5) is 32.3. The molecule has 0 radical (unpaired) electrons. The summed E-state index contributed by atoms with van der Waals surface area (Å²) in [6, 6.07) is 15.6. The van der Waals surface area contributed by atoms with Crippen molar-refractivity contribution in [3.05, 3.63) is 77.7 Å². The molecule has 4 rings (SSSR count). The number of hydrogen-bond acceptors (Lipinski definition) is 4. The number of hydrogen-bond donors (Lipinski definition) is 0. The highest BCUT2D eigenvalue weighted by atomic mass is 19.1. The SMILES string of the molecule is CCOC(=O)[C@@]1(Cc2ccccc2F)CCCN(C(=O)c2ccc3ncccc3c2)C1. The first kappa shape index (κ1) is 21.0. The standard InChI is InChI=1S/C25H25FN2O3/c1-2-31-24(30)25(16-20-7-3-4-9-21(20)26)12-6-14-28(17-25)23(29)19-10-11-22-18(15-19)8-5-13-27-22/h3-5,7-11,13,15H,2,6,12,14,16-17H2,1H3/t25-/m1/s1. The van der Waals surface area contributed by atoms with Gasteiger partial charge in [-0.15, -0.1) is 0 Å². The molecule has 31 heavy (non-hydrogen) atoms. The van der Waals surface area contributed by atoms with Gasteiger partial charge in [0.05, 0.1) is 17.5 Å². The lowest BCUT2D eigenvalue weighted by Crippen LogP contribution is -2.51. The predicted octanol–water partition coefficient (Wildman–Crippen LogP) is 4.40. The molecule has 0 spiro atoms. The number of amides is 1. The van der Waals surface area contributed by atoms with Crippen LogP contribution >= 0.6 is 0 Å². The molecule has 1 aliphatic rings. The van der Waals surface area contributed by atoms with E-state index in [2.05, 4.69) is 4.98 Å². The van der Waals surface area contributed by atoms with Crippen molar-refractivity contribution in [2.45, 2.75) is 26.2 Å². The third-order valence-electron chi connectivity index (χ3n) is 5.91. The molecule has 2 aromatic carbocycles. The molecule has 0 aliphatic carbocycles. The first-order valence-corrected chi connectivity index (χ1v) is 10.6. The first-order valence-electron chi connectivity index (χ1n) is 10.6. The lowest BCUT2D eigenvalue weighted by Gasteiger charge is -2.41. The number of carbonyl (C=O) groups excluding carboxylic acids is 2. The summed E-state index contributed by atoms with van der Waals surface area (Å²) in [5.74, 6) is -0.872. The highest BCUT2D eigenvalue weighted by Gasteiger charge is 2.45. The fourth-order valence-electron chi connectivity index (χ4n) is 4.37. The van der Waals surface area contributed by atoms with Crippen LogP contribution in [0, 0.1) is 11.2 Å². The summed E-state index contributed by atoms with van der Waals surface area (Å²) < 4.78 is 19.8. The quantitative estimate of drug-likeness (QED) is 0.574. The molecule has 1 fully saturated rings. The Morgan fingerprint density at radius 1 is 1.16 bits per heavy atom. The number of ether oxygens (including phenoxy) is 1. The van der Waals surface area contributed by atoms with Crippen LogP contribution in [0.4, 0.5) is 4.39 Å². The molecule has 1 aliphatic heterocycles. The Morgan fingerprint density at radius 2 is 2.00 bits per heavy atom. The van der Waals surface area contributed by atoms with Gasteiger partial charge in [-0.2, -0.15) is 0 Å². The van der Waals surface area contributed by atoms with Crippen LogP contribution in [0.25, 0.3) is 10.9 Å². The van der Waals surface area contributed by atoms with E-state index in [1.54, 1.807) is 42.3 Å². The normalized spacial score (nSPS) is 18.7. The Kier molecular flexibility index (Phi) is 5.98. The van der Waals surface area contributed by atoms with Crippen molar-refractivity contribution in [2.75, 3.05) is 19.7 Å². The van der Waals surface area contributed by atoms with Crippen LogP contribution in [0.2, 0.25) is 0 Å². The zero-order valence-electron chi connectivity index (χ0n) is 17.5. The Bertz CT molecular complexity index is 1120. The molecule has 3 aromatic rings. The van der Waals surface area contributed by atoms with Crippen LogP contribution in [0.1, 0.15) is 35.7 Å². The van der Waals surface area contributed by atoms with Crippen LogP contribution in [0.5, 0.6) is 0 Å². The van der Waals surface area contributed by atoms with Gasteiger partial charge in [-0.3, -0.25) is 14.6 Å². The van der Waals surface area contributed by atoms with Gasteiger partial charge in [0.2, 0.25) is 0 Å². The Hall–Kier alpha value is -3.28. The number of pyridine rings is 1. The molecule has 1 aromatic heterocycles. The van der Waals surface area contributed by atoms with Gasteiger partial charge in [0.15, 0.2) is 0 Å². The largest absolute Gasteiger partial charge is 0.466 e. The van der Waals surface area contributed by atoms with Gasteiger partial charge in [-0.05, 0) is 62.1 Å². The highest BCUT2D eigenvalue weighted by Crippen LogP contribution is 2.36. The molecular weight excluding hydrogens is 395 g/mol. The summed E-state index contributed by atoms with van der Waals surface area (Å²) in [7, 11) is 0. The van der Waals surface area contributed by atoms with E-state index in [9.17, 15) is 14.0 Å². The predicted molar refractivity (Wildman–Crippen MR) is 116 cm³/mol. The van der Waals surface area contributed by atoms with Crippen molar-refractivity contribution >= 4 is 22.8 Å². The van der Waals surface area contributed by atoms with Gasteiger partial charge in [-0.25, -0.2) is 4.39 Å². The lowest BCUT2D eigenvalue weighted by atomic mass is 9.74. The summed E-state index contributed by atoms with van der Waals surface area (Å²) in [6.07, 6.45) is 3.11. The maximum Gasteiger partial charge on any atom is 0.314 e. The highest BCUT2D eigenvalue weighted by molar-refractivity contribution is 5.98. The summed E-state index contributed by atoms with van der Waals surface area (Å²) in [5.41, 5.74) is 0.857. The van der Waals surface area contributed by atoms with Gasteiger partial charge in [0.25, 0.3) is 5.91 Å². The molecular formula is C25H25FN2O3. The van der Waals surface area contributed by atoms with E-state index in [0.29, 0.717) is 30.5 Å². The lowest BCUT2D eigenvalue weighted by molar-refractivity contribution is -0.158. The van der Waals surface area contributed by atoms with Gasteiger partial charge in [0.1, 0.15) is 5.82 Å². The molecule has 0 saturated carbocycles. The molecule has 160 valence electrons. The molecule has 1 atom stereocenters. The number of fused-ring (bicyclic) bond motifs is 1. The fraction of sp³-hybridized carbons (Fsp3) is 0.320. The zero-order valence-corrected chi connectivity index (χ0v) is 17.5. The van der Waals surface area contributed by atoms with Crippen LogP contribution < -0.4 is 0 Å². The third-order valence-corrected chi connectivity index (χ3v) is 5.91. The van der Waals surface area contributed by atoms with Gasteiger partial charge >= 0.3 is 5.97 Å². The van der Waals surface area contributed by atoms with Crippen molar-refractivity contribution in [2.24, 2.45) is 5.41 Å². The van der Waals surface area contributed by atoms with Crippen molar-refractivity contribution in [3.8, 4) is 0 Å². The molecule has 1 saturated heterocycles. The van der Waals surface area contributed by atoms with Crippen molar-refractivity contribution in [3.63, 3.8) is 0 Å². The zero-order chi connectivity index (χ0) is 21.8. The number of rotatable bonds is 5. The number of aromatic nitrogens is 1. The molecule has 1 amide bonds. The van der Waals surface area contributed by atoms with E-state index in [1.165, 1.54) is 6.07 Å². The number of esters is 1. The first-order chi connectivity index (χ1) is 15.0. The number of nitrogens with zero attached hydrogens (tertiary/aromatic N) is 2. The second kappa shape index (κ2) is 8.84. The van der Waals surface area contributed by atoms with Crippen molar-refractivity contribution in [1.82, 2.24) is 9.88 Å². The third kappa shape index (κ3) is 4.29. The number of piperidine rings is 1. The number of halogens is 1. The van der Waals surface area contributed by atoms with Crippen LogP contribution in [-0.4, -0.2) is 41.5 Å². The Balaban J connectivity index is 1.63. The maximum atomic E-state index is 14.4. The van der Waals surface area contributed by atoms with Gasteiger partial charge < -0.3 is 9.64 Å². The average molecular weight is 420 g/mol. The average Bonchev–Trinajstić information content (AvgIpc) is 2.80. The second-order valence-corrected chi connectivity index (χ2v) is 8.01. The Labute approximate surface area is 180 Å². The summed E-state index contributed by atoms with van der Waals surface area (Å²) in [5, 5.41) is 0.883. The van der Waals surface area contributed by atoms with Crippen LogP contribution in [-0.2, 0) is 16.0 Å². The van der Waals surface area contributed by atoms with E-state index >= 15 is 0 Å². The van der Waals surface area contributed by atoms with Gasteiger partial charge in [-0.1, -0.05) is 24.3 Å². The van der Waals surface area contributed by atoms with E-state index < -0.39 is 5.41 Å². The van der Waals surface area contributed by atoms with Crippen LogP contribution in [0.3, 0.4) is 0 Å². The van der Waals surface area contributed by atoms with E-state index in [-0.39, 0.29) is 37.3 Å². The topological polar surface area (TPSA) is 59.5 Å². The van der Waals surface area contributed by atoms with Gasteiger partial charge in [0, 0.05) is 30.2 Å². The molecule has 6 heteroatoms. The minimum Gasteiger partial charge on any atom is -0.466 e. The summed E-state index contributed by atoms with van der Waals surface area (Å²) >= 11 is 0. The van der Waals surface area contributed by atoms with E-state index in [1.807, 2.05) is 24.3 Å². The van der Waals surface area contributed by atoms with E-state index in [0.717, 1.165) is 10.9 Å². The molecule has 0 unspecified atom stereocenters. The second-order valence-electron chi connectivity index (χ2n) is 8.01. The van der Waals surface area contributed by atoms with Crippen molar-refractivity contribution < 1.29 is 18.7 Å². The number of carbonyl (C=O) groups is 2. The Morgan fingerprint density at radius 3 is 2.81 bits per heavy atom. The van der Waals surface area contributed by atoms with Crippen molar-refractivity contribution in [1.29, 1.82) is 0 Å². The molecule has 0 bridgehead atoms. The number of likely N-dealkylation sites (tertiary alicyclic amines) is 1. The summed E-state index contributed by atoms with van der Waals surface area (Å²) in [6.45, 7) is 2.74. The minimum atomic E-state index is -0.968. The smallest absolute Gasteiger partial charge is 0.314 e. The molecule has 5 nitrogen and oxygen atoms in total. The fourth-order valence-corrected chi connectivity index (χ4v) is 4.37. The maximum absolute atomic E-state index is 14.4. The minimum absolute atomic E-state index is 0.146. The van der Waals surface area contributed by atoms with E-state index in [4.69, 9.17) is 4.74 Å². The number of benzene rings is 2. The monoisotopic (exact) mass is 420 g/mol.